The van der Waals surface area contributed by atoms with Gasteiger partial charge in [0.25, 0.3) is 5.91 Å². The van der Waals surface area contributed by atoms with Gasteiger partial charge >= 0.3 is 5.97 Å². The van der Waals surface area contributed by atoms with Crippen molar-refractivity contribution < 1.29 is 19.2 Å². The third-order valence-corrected chi connectivity index (χ3v) is 1.97. The molecule has 6 heteroatoms. The molecule has 1 rings (SSSR count). The Labute approximate surface area is 86.3 Å². The second-order valence-corrected chi connectivity index (χ2v) is 3.12. The summed E-state index contributed by atoms with van der Waals surface area (Å²) in [4.78, 5) is 22.2. The first-order valence-corrected chi connectivity index (χ1v) is 4.51. The number of aliphatic carboxylic acids is 1. The SMILES string of the molecule is CCC(NC(=O)c1nocc1C)C(=O)O. The maximum absolute atomic E-state index is 11.5. The van der Waals surface area contributed by atoms with Gasteiger partial charge in [-0.2, -0.15) is 0 Å². The molecular weight excluding hydrogens is 200 g/mol. The third-order valence-electron chi connectivity index (χ3n) is 1.97. The van der Waals surface area contributed by atoms with Gasteiger partial charge in [-0.05, 0) is 13.3 Å². The van der Waals surface area contributed by atoms with Crippen LogP contribution in [0.25, 0.3) is 0 Å². The molecular formula is C9H12N2O4. The highest BCUT2D eigenvalue weighted by Crippen LogP contribution is 2.04. The van der Waals surface area contributed by atoms with Crippen LogP contribution >= 0.6 is 0 Å². The van der Waals surface area contributed by atoms with Crippen LogP contribution in [-0.2, 0) is 4.79 Å². The molecule has 1 aromatic rings. The molecule has 82 valence electrons. The standard InChI is InChI=1S/C9H12N2O4/c1-3-6(9(13)14)10-8(12)7-5(2)4-15-11-7/h4,6H,3H2,1-2H3,(H,10,12)(H,13,14). The summed E-state index contributed by atoms with van der Waals surface area (Å²) < 4.78 is 4.58. The monoisotopic (exact) mass is 212 g/mol. The summed E-state index contributed by atoms with van der Waals surface area (Å²) in [6.07, 6.45) is 1.65. The van der Waals surface area contributed by atoms with Crippen LogP contribution in [0.3, 0.4) is 0 Å². The highest BCUT2D eigenvalue weighted by atomic mass is 16.5. The van der Waals surface area contributed by atoms with Crippen molar-refractivity contribution in [3.05, 3.63) is 17.5 Å². The van der Waals surface area contributed by atoms with E-state index in [0.717, 1.165) is 0 Å². The van der Waals surface area contributed by atoms with Crippen LogP contribution in [0.1, 0.15) is 29.4 Å². The fourth-order valence-electron chi connectivity index (χ4n) is 1.07. The van der Waals surface area contributed by atoms with Crippen LogP contribution in [0.5, 0.6) is 0 Å². The van der Waals surface area contributed by atoms with E-state index < -0.39 is 17.9 Å². The summed E-state index contributed by atoms with van der Waals surface area (Å²) in [5, 5.41) is 14.6. The van der Waals surface area contributed by atoms with Crippen LogP contribution in [0.4, 0.5) is 0 Å². The number of nitrogens with one attached hydrogen (secondary N) is 1. The maximum Gasteiger partial charge on any atom is 0.326 e. The Bertz CT molecular complexity index is 372. The van der Waals surface area contributed by atoms with Crippen LogP contribution < -0.4 is 5.32 Å². The zero-order chi connectivity index (χ0) is 11.4. The normalized spacial score (nSPS) is 12.1. The van der Waals surface area contributed by atoms with Gasteiger partial charge in [0.15, 0.2) is 5.69 Å². The quantitative estimate of drug-likeness (QED) is 0.761. The molecule has 1 aromatic heterocycles. The number of carbonyl (C=O) groups excluding carboxylic acids is 1. The van der Waals surface area contributed by atoms with E-state index >= 15 is 0 Å². The number of carboxylic acid groups (broad SMARTS) is 1. The molecule has 15 heavy (non-hydrogen) atoms. The van der Waals surface area contributed by atoms with E-state index in [0.29, 0.717) is 12.0 Å². The number of aromatic nitrogens is 1. The van der Waals surface area contributed by atoms with Gasteiger partial charge in [-0.15, -0.1) is 0 Å². The minimum atomic E-state index is -1.06. The first-order valence-electron chi connectivity index (χ1n) is 4.51. The average Bonchev–Trinajstić information content (AvgIpc) is 2.60. The molecule has 0 bridgehead atoms. The molecule has 0 spiro atoms. The van der Waals surface area contributed by atoms with E-state index in [4.69, 9.17) is 5.11 Å². The van der Waals surface area contributed by atoms with Gasteiger partial charge in [0.05, 0.1) is 0 Å². The number of aryl methyl sites for hydroxylation is 1. The van der Waals surface area contributed by atoms with Crippen molar-refractivity contribution in [2.45, 2.75) is 26.3 Å². The number of amides is 1. The molecule has 0 aliphatic heterocycles. The topological polar surface area (TPSA) is 92.4 Å². The van der Waals surface area contributed by atoms with E-state index in [1.54, 1.807) is 13.8 Å². The fraction of sp³-hybridized carbons (Fsp3) is 0.444. The number of rotatable bonds is 4. The second kappa shape index (κ2) is 4.59. The molecule has 0 aliphatic rings. The predicted molar refractivity (Wildman–Crippen MR) is 50.4 cm³/mol. The lowest BCUT2D eigenvalue weighted by molar-refractivity contribution is -0.139. The molecule has 1 unspecified atom stereocenters. The molecule has 0 aromatic carbocycles. The molecule has 0 fully saturated rings. The molecule has 0 aliphatic carbocycles. The largest absolute Gasteiger partial charge is 0.480 e. The van der Waals surface area contributed by atoms with Crippen LogP contribution in [0.15, 0.2) is 10.8 Å². The van der Waals surface area contributed by atoms with Crippen molar-refractivity contribution in [2.24, 2.45) is 0 Å². The van der Waals surface area contributed by atoms with Crippen molar-refractivity contribution in [1.82, 2.24) is 10.5 Å². The number of carbonyl (C=O) groups is 2. The number of hydrogen-bond donors (Lipinski definition) is 2. The predicted octanol–water partition coefficient (Wildman–Crippen LogP) is 0.576. The Morgan fingerprint density at radius 3 is 2.73 bits per heavy atom. The zero-order valence-corrected chi connectivity index (χ0v) is 8.48. The lowest BCUT2D eigenvalue weighted by Gasteiger charge is -2.10. The smallest absolute Gasteiger partial charge is 0.326 e. The number of nitrogens with zero attached hydrogens (tertiary/aromatic N) is 1. The first kappa shape index (κ1) is 11.2. The van der Waals surface area contributed by atoms with Crippen LogP contribution in [-0.4, -0.2) is 28.2 Å². The lowest BCUT2D eigenvalue weighted by atomic mass is 10.2. The minimum Gasteiger partial charge on any atom is -0.480 e. The van der Waals surface area contributed by atoms with Gasteiger partial charge in [-0.25, -0.2) is 4.79 Å². The van der Waals surface area contributed by atoms with Gasteiger partial charge in [-0.3, -0.25) is 4.79 Å². The van der Waals surface area contributed by atoms with Crippen LogP contribution in [0.2, 0.25) is 0 Å². The van der Waals surface area contributed by atoms with Gasteiger partial charge in [-0.1, -0.05) is 12.1 Å². The summed E-state index contributed by atoms with van der Waals surface area (Å²) in [5.41, 5.74) is 0.697. The molecule has 0 saturated carbocycles. The fourth-order valence-corrected chi connectivity index (χ4v) is 1.07. The molecule has 6 nitrogen and oxygen atoms in total. The Kier molecular flexibility index (Phi) is 3.43. The van der Waals surface area contributed by atoms with Crippen molar-refractivity contribution in [2.75, 3.05) is 0 Å². The molecule has 0 radical (unpaired) electrons. The van der Waals surface area contributed by atoms with E-state index in [-0.39, 0.29) is 5.69 Å². The van der Waals surface area contributed by atoms with E-state index in [9.17, 15) is 9.59 Å². The van der Waals surface area contributed by atoms with E-state index in [1.165, 1.54) is 6.26 Å². The molecule has 0 saturated heterocycles. The van der Waals surface area contributed by atoms with Crippen molar-refractivity contribution in [1.29, 1.82) is 0 Å². The van der Waals surface area contributed by atoms with Gasteiger partial charge in [0, 0.05) is 5.56 Å². The van der Waals surface area contributed by atoms with Crippen molar-refractivity contribution >= 4 is 11.9 Å². The Hall–Kier alpha value is -1.85. The first-order chi connectivity index (χ1) is 7.06. The van der Waals surface area contributed by atoms with Gasteiger partial charge in [0.1, 0.15) is 12.3 Å². The number of carboxylic acids is 1. The average molecular weight is 212 g/mol. The van der Waals surface area contributed by atoms with Gasteiger partial charge < -0.3 is 14.9 Å². The third kappa shape index (κ3) is 2.55. The van der Waals surface area contributed by atoms with Crippen molar-refractivity contribution in [3.63, 3.8) is 0 Å². The highest BCUT2D eigenvalue weighted by molar-refractivity contribution is 5.95. The summed E-state index contributed by atoms with van der Waals surface area (Å²) in [6, 6.07) is -0.895. The summed E-state index contributed by atoms with van der Waals surface area (Å²) >= 11 is 0. The lowest BCUT2D eigenvalue weighted by Crippen LogP contribution is -2.40. The summed E-state index contributed by atoms with van der Waals surface area (Å²) in [5.74, 6) is -1.59. The summed E-state index contributed by atoms with van der Waals surface area (Å²) in [6.45, 7) is 3.34. The van der Waals surface area contributed by atoms with E-state index in [1.807, 2.05) is 0 Å². The maximum atomic E-state index is 11.5. The summed E-state index contributed by atoms with van der Waals surface area (Å²) in [7, 11) is 0. The Balaban J connectivity index is 2.71. The molecule has 1 atom stereocenters. The molecule has 2 N–H and O–H groups in total. The molecule has 1 heterocycles. The number of hydrogen-bond acceptors (Lipinski definition) is 4. The van der Waals surface area contributed by atoms with E-state index in [2.05, 4.69) is 15.0 Å². The Morgan fingerprint density at radius 2 is 2.33 bits per heavy atom. The van der Waals surface area contributed by atoms with Crippen LogP contribution in [0, 0.1) is 6.92 Å². The second-order valence-electron chi connectivity index (χ2n) is 3.12. The highest BCUT2D eigenvalue weighted by Gasteiger charge is 2.21. The van der Waals surface area contributed by atoms with Gasteiger partial charge in [0.2, 0.25) is 0 Å². The zero-order valence-electron chi connectivity index (χ0n) is 8.48. The van der Waals surface area contributed by atoms with Crippen molar-refractivity contribution in [3.8, 4) is 0 Å². The molecule has 1 amide bonds. The minimum absolute atomic E-state index is 0.120. The Morgan fingerprint density at radius 1 is 1.67 bits per heavy atom.